The van der Waals surface area contributed by atoms with E-state index in [-0.39, 0.29) is 17.1 Å². The first kappa shape index (κ1) is 32.2. The van der Waals surface area contributed by atoms with E-state index in [0.29, 0.717) is 22.9 Å². The number of carbonyl (C=O) groups excluding carboxylic acids is 1. The van der Waals surface area contributed by atoms with E-state index in [1.807, 2.05) is 23.1 Å². The van der Waals surface area contributed by atoms with Crippen molar-refractivity contribution >= 4 is 23.5 Å². The first-order valence-electron chi connectivity index (χ1n) is 13.2. The summed E-state index contributed by atoms with van der Waals surface area (Å²) >= 11 is 5.93. The van der Waals surface area contributed by atoms with Crippen molar-refractivity contribution in [2.24, 2.45) is 5.41 Å². The number of carboxylic acids is 1. The van der Waals surface area contributed by atoms with E-state index in [9.17, 15) is 31.1 Å². The van der Waals surface area contributed by atoms with Crippen molar-refractivity contribution in [3.8, 4) is 11.5 Å². The predicted octanol–water partition coefficient (Wildman–Crippen LogP) is 7.52. The van der Waals surface area contributed by atoms with Gasteiger partial charge in [0.25, 0.3) is 5.91 Å². The topological polar surface area (TPSA) is 70.1 Å². The van der Waals surface area contributed by atoms with Crippen molar-refractivity contribution in [1.29, 1.82) is 0 Å². The summed E-state index contributed by atoms with van der Waals surface area (Å²) in [4.78, 5) is 25.9. The molecule has 5 rings (SSSR count). The van der Waals surface area contributed by atoms with E-state index in [2.05, 4.69) is 4.90 Å². The van der Waals surface area contributed by atoms with Crippen molar-refractivity contribution in [2.75, 3.05) is 26.2 Å². The van der Waals surface area contributed by atoms with Crippen LogP contribution in [0.15, 0.2) is 72.8 Å². The van der Waals surface area contributed by atoms with Crippen molar-refractivity contribution in [3.05, 3.63) is 94.5 Å². The molecule has 0 radical (unpaired) electrons. The number of ether oxygens (including phenoxy) is 1. The van der Waals surface area contributed by atoms with Crippen LogP contribution in [0.4, 0.5) is 26.3 Å². The maximum Gasteiger partial charge on any atom is 0.490 e. The highest BCUT2D eigenvalue weighted by atomic mass is 35.5. The Morgan fingerprint density at radius 1 is 0.884 bits per heavy atom. The Labute approximate surface area is 248 Å². The number of aliphatic carboxylic acids is 1. The fourth-order valence-electron chi connectivity index (χ4n) is 5.02. The van der Waals surface area contributed by atoms with Gasteiger partial charge >= 0.3 is 18.3 Å². The highest BCUT2D eigenvalue weighted by Gasteiger charge is 2.46. The molecule has 2 fully saturated rings. The van der Waals surface area contributed by atoms with Crippen LogP contribution >= 0.6 is 11.6 Å². The second-order valence-electron chi connectivity index (χ2n) is 10.5. The number of nitrogens with zero attached hydrogens (tertiary/aromatic N) is 2. The number of benzene rings is 3. The normalized spacial score (nSPS) is 16.6. The minimum Gasteiger partial charge on any atom is -0.475 e. The van der Waals surface area contributed by atoms with Gasteiger partial charge in [-0.25, -0.2) is 4.79 Å². The quantitative estimate of drug-likeness (QED) is 0.296. The first-order valence-corrected chi connectivity index (χ1v) is 13.5. The maximum atomic E-state index is 13.1. The molecule has 0 bridgehead atoms. The number of carbonyl (C=O) groups is 2. The van der Waals surface area contributed by atoms with Crippen LogP contribution < -0.4 is 4.74 Å². The van der Waals surface area contributed by atoms with Crippen LogP contribution in [0, 0.1) is 5.41 Å². The monoisotopic (exact) mass is 628 g/mol. The van der Waals surface area contributed by atoms with Crippen molar-refractivity contribution in [2.45, 2.75) is 31.7 Å². The summed E-state index contributed by atoms with van der Waals surface area (Å²) in [5.41, 5.74) is 1.01. The molecule has 43 heavy (non-hydrogen) atoms. The summed E-state index contributed by atoms with van der Waals surface area (Å²) in [5, 5.41) is 7.74. The second-order valence-corrected chi connectivity index (χ2v) is 10.9. The number of carboxylic acid groups (broad SMARTS) is 1. The molecule has 1 amide bonds. The number of hydrogen-bond acceptors (Lipinski definition) is 4. The van der Waals surface area contributed by atoms with E-state index in [1.54, 1.807) is 30.3 Å². The number of rotatable bonds is 5. The molecule has 6 nitrogen and oxygen atoms in total. The van der Waals surface area contributed by atoms with Crippen LogP contribution in [0.1, 0.15) is 34.3 Å². The highest BCUT2D eigenvalue weighted by Crippen LogP contribution is 2.42. The van der Waals surface area contributed by atoms with Gasteiger partial charge in [0, 0.05) is 41.2 Å². The number of hydrogen-bond donors (Lipinski definition) is 1. The fraction of sp³-hybridized carbons (Fsp3) is 0.333. The third kappa shape index (κ3) is 8.41. The Kier molecular flexibility index (Phi) is 9.60. The largest absolute Gasteiger partial charge is 0.490 e. The number of piperidine rings is 1. The van der Waals surface area contributed by atoms with Crippen LogP contribution in [0.2, 0.25) is 5.02 Å². The van der Waals surface area contributed by atoms with Gasteiger partial charge in [-0.1, -0.05) is 35.9 Å². The smallest absolute Gasteiger partial charge is 0.475 e. The van der Waals surface area contributed by atoms with Gasteiger partial charge in [0.15, 0.2) is 0 Å². The molecule has 0 atom stereocenters. The van der Waals surface area contributed by atoms with E-state index in [4.69, 9.17) is 26.2 Å². The molecule has 0 unspecified atom stereocenters. The van der Waals surface area contributed by atoms with Crippen molar-refractivity contribution in [1.82, 2.24) is 9.80 Å². The average Bonchev–Trinajstić information content (AvgIpc) is 2.93. The van der Waals surface area contributed by atoms with Gasteiger partial charge in [-0.05, 0) is 74.5 Å². The van der Waals surface area contributed by atoms with E-state index >= 15 is 0 Å². The van der Waals surface area contributed by atoms with Crippen LogP contribution in [0.25, 0.3) is 0 Å². The summed E-state index contributed by atoms with van der Waals surface area (Å²) in [6.45, 7) is 3.95. The van der Waals surface area contributed by atoms with Crippen LogP contribution in [-0.2, 0) is 17.5 Å². The standard InChI is InChI=1S/C28H26ClF3N2O2.C2HF3O2/c29-23-10-8-20(9-11-23)26(35)34-18-27(19-34)12-14-33(15-13-27)17-21-4-1-2-7-25(21)36-24-6-3-5-22(16-24)28(30,31)32;3-2(4,5)1(6)7/h1-11,16H,12-15,17-19H2;(H,6,7). The summed E-state index contributed by atoms with van der Waals surface area (Å²) in [7, 11) is 0. The summed E-state index contributed by atoms with van der Waals surface area (Å²) in [6, 6.07) is 19.4. The molecule has 0 saturated carbocycles. The van der Waals surface area contributed by atoms with Gasteiger partial charge in [0.2, 0.25) is 0 Å². The maximum absolute atomic E-state index is 13.1. The number of para-hydroxylation sites is 1. The molecule has 2 heterocycles. The Hall–Kier alpha value is -3.77. The second kappa shape index (κ2) is 12.8. The lowest BCUT2D eigenvalue weighted by Gasteiger charge is -2.54. The molecule has 1 N–H and O–H groups in total. The summed E-state index contributed by atoms with van der Waals surface area (Å²) < 4.78 is 76.8. The lowest BCUT2D eigenvalue weighted by atomic mass is 9.71. The Morgan fingerprint density at radius 2 is 1.49 bits per heavy atom. The van der Waals surface area contributed by atoms with E-state index < -0.39 is 23.9 Å². The van der Waals surface area contributed by atoms with Gasteiger partial charge in [-0.3, -0.25) is 9.69 Å². The van der Waals surface area contributed by atoms with Crippen molar-refractivity contribution in [3.63, 3.8) is 0 Å². The van der Waals surface area contributed by atoms with E-state index in [0.717, 1.165) is 56.7 Å². The Morgan fingerprint density at radius 3 is 2.07 bits per heavy atom. The highest BCUT2D eigenvalue weighted by molar-refractivity contribution is 6.30. The van der Waals surface area contributed by atoms with Crippen LogP contribution in [0.3, 0.4) is 0 Å². The molecule has 2 saturated heterocycles. The fourth-order valence-corrected chi connectivity index (χ4v) is 5.15. The molecular weight excluding hydrogens is 602 g/mol. The molecule has 3 aromatic carbocycles. The minimum absolute atomic E-state index is 0.0420. The lowest BCUT2D eigenvalue weighted by molar-refractivity contribution is -0.192. The summed E-state index contributed by atoms with van der Waals surface area (Å²) in [6.07, 6.45) is -7.51. The number of likely N-dealkylation sites (tertiary alicyclic amines) is 2. The predicted molar refractivity (Wildman–Crippen MR) is 146 cm³/mol. The number of amides is 1. The number of halogens is 7. The third-order valence-electron chi connectivity index (χ3n) is 7.35. The molecule has 0 aromatic heterocycles. The molecule has 13 heteroatoms. The zero-order valence-electron chi connectivity index (χ0n) is 22.6. The molecule has 3 aromatic rings. The molecule has 230 valence electrons. The van der Waals surface area contributed by atoms with Gasteiger partial charge in [0.1, 0.15) is 11.5 Å². The van der Waals surface area contributed by atoms with Gasteiger partial charge in [-0.15, -0.1) is 0 Å². The van der Waals surface area contributed by atoms with Gasteiger partial charge in [-0.2, -0.15) is 26.3 Å². The average molecular weight is 629 g/mol. The third-order valence-corrected chi connectivity index (χ3v) is 7.60. The Balaban J connectivity index is 0.000000541. The van der Waals surface area contributed by atoms with E-state index in [1.165, 1.54) is 12.1 Å². The Bertz CT molecular complexity index is 1430. The molecule has 2 aliphatic rings. The molecule has 0 aliphatic carbocycles. The molecular formula is C30H27ClF6N2O4. The molecule has 1 spiro atoms. The van der Waals surface area contributed by atoms with Crippen molar-refractivity contribution < 1.29 is 45.8 Å². The zero-order valence-corrected chi connectivity index (χ0v) is 23.3. The number of alkyl halides is 6. The lowest BCUT2D eigenvalue weighted by Crippen LogP contribution is -2.61. The zero-order chi connectivity index (χ0) is 31.4. The minimum atomic E-state index is -5.08. The molecule has 2 aliphatic heterocycles. The first-order chi connectivity index (χ1) is 20.1. The SMILES string of the molecule is O=C(O)C(F)(F)F.O=C(c1ccc(Cl)cc1)N1CC2(CCN(Cc3ccccc3Oc3cccc(C(F)(F)F)c3)CC2)C1. The van der Waals surface area contributed by atoms with Gasteiger partial charge in [0.05, 0.1) is 5.56 Å². The van der Waals surface area contributed by atoms with Gasteiger partial charge < -0.3 is 14.7 Å². The summed E-state index contributed by atoms with van der Waals surface area (Å²) in [5.74, 6) is -2.00. The van der Waals surface area contributed by atoms with Crippen LogP contribution in [-0.4, -0.2) is 59.1 Å². The van der Waals surface area contributed by atoms with Crippen LogP contribution in [0.5, 0.6) is 11.5 Å².